The summed E-state index contributed by atoms with van der Waals surface area (Å²) in [5.41, 5.74) is 0.581. The average molecular weight is 592 g/mol. The van der Waals surface area contributed by atoms with Crippen LogP contribution in [0, 0.1) is 5.82 Å². The van der Waals surface area contributed by atoms with Crippen molar-refractivity contribution in [1.29, 1.82) is 0 Å². The fourth-order valence-corrected chi connectivity index (χ4v) is 5.30. The first-order valence-corrected chi connectivity index (χ1v) is 14.2. The van der Waals surface area contributed by atoms with Gasteiger partial charge in [-0.05, 0) is 76.4 Å². The molecule has 0 bridgehead atoms. The van der Waals surface area contributed by atoms with Crippen molar-refractivity contribution < 1.29 is 23.8 Å². The molecule has 1 fully saturated rings. The number of hydrogen-bond acceptors (Lipinski definition) is 9. The molecule has 1 amide bonds. The van der Waals surface area contributed by atoms with Crippen LogP contribution in [0.15, 0.2) is 41.3 Å². The Kier molecular flexibility index (Phi) is 6.97. The molecule has 2 aliphatic rings. The summed E-state index contributed by atoms with van der Waals surface area (Å²) < 4.78 is 28.3. The molecule has 12 nitrogen and oxygen atoms in total. The third kappa shape index (κ3) is 5.34. The molecule has 5 heterocycles. The second-order valence-electron chi connectivity index (χ2n) is 12.3. The molecule has 1 aromatic carbocycles. The third-order valence-corrected chi connectivity index (χ3v) is 7.41. The first-order chi connectivity index (χ1) is 20.3. The Morgan fingerprint density at radius 2 is 1.93 bits per heavy atom. The number of halogens is 1. The van der Waals surface area contributed by atoms with Crippen LogP contribution in [0.5, 0.6) is 0 Å². The summed E-state index contributed by atoms with van der Waals surface area (Å²) in [6, 6.07) is 8.20. The highest BCUT2D eigenvalue weighted by Crippen LogP contribution is 2.31. The van der Waals surface area contributed by atoms with E-state index >= 15 is 0 Å². The molecule has 0 radical (unpaired) electrons. The number of fused-ring (bicyclic) bond motifs is 2. The van der Waals surface area contributed by atoms with Crippen LogP contribution in [0.25, 0.3) is 16.9 Å². The summed E-state index contributed by atoms with van der Waals surface area (Å²) in [6.45, 7) is 10.1. The van der Waals surface area contributed by atoms with Gasteiger partial charge in [-0.3, -0.25) is 4.79 Å². The second-order valence-corrected chi connectivity index (χ2v) is 12.3. The average Bonchev–Trinajstić information content (AvgIpc) is 3.22. The highest BCUT2D eigenvalue weighted by atomic mass is 19.1. The standard InChI is InChI=1S/C30H34FN7O5/c1-17(2)37-26(39)21-13-32-27(35-25(21)38(37)23-9-8-22(31)24(34-23)30(41)15-42-16-30)33-20-7-6-19-14-36(11-10-18(19)12-20)28(40)43-29(3,4)5/h6-9,12-13,17,41H,10-11,14-16H2,1-5H3,(H,32,33,35). The molecule has 0 unspecified atom stereocenters. The van der Waals surface area contributed by atoms with Crippen LogP contribution in [-0.2, 0) is 28.0 Å². The zero-order valence-electron chi connectivity index (χ0n) is 24.7. The Hall–Kier alpha value is -4.36. The van der Waals surface area contributed by atoms with Crippen molar-refractivity contribution >= 4 is 28.8 Å². The summed E-state index contributed by atoms with van der Waals surface area (Å²) in [7, 11) is 0. The van der Waals surface area contributed by atoms with Crippen molar-refractivity contribution in [2.75, 3.05) is 25.1 Å². The molecular formula is C30H34FN7O5. The van der Waals surface area contributed by atoms with Crippen LogP contribution < -0.4 is 10.9 Å². The quantitative estimate of drug-likeness (QED) is 0.353. The number of nitrogens with one attached hydrogen (secondary N) is 1. The van der Waals surface area contributed by atoms with Gasteiger partial charge in [0.05, 0.1) is 13.2 Å². The van der Waals surface area contributed by atoms with Gasteiger partial charge in [-0.25, -0.2) is 28.5 Å². The van der Waals surface area contributed by atoms with Crippen molar-refractivity contribution in [2.45, 2.75) is 64.8 Å². The fraction of sp³-hybridized carbons (Fsp3) is 0.433. The third-order valence-electron chi connectivity index (χ3n) is 7.41. The predicted octanol–water partition coefficient (Wildman–Crippen LogP) is 3.95. The van der Waals surface area contributed by atoms with E-state index in [0.717, 1.165) is 16.8 Å². The molecule has 0 saturated carbocycles. The van der Waals surface area contributed by atoms with Gasteiger partial charge >= 0.3 is 6.09 Å². The van der Waals surface area contributed by atoms with Crippen molar-refractivity contribution in [3.8, 4) is 5.82 Å². The molecule has 3 aromatic heterocycles. The monoisotopic (exact) mass is 591 g/mol. The highest BCUT2D eigenvalue weighted by Gasteiger charge is 2.42. The van der Waals surface area contributed by atoms with E-state index in [2.05, 4.69) is 20.3 Å². The number of aromatic nitrogens is 5. The maximum atomic E-state index is 14.7. The van der Waals surface area contributed by atoms with Crippen LogP contribution in [0.4, 0.5) is 20.8 Å². The van der Waals surface area contributed by atoms with Crippen LogP contribution in [0.2, 0.25) is 0 Å². The van der Waals surface area contributed by atoms with Gasteiger partial charge < -0.3 is 24.8 Å². The molecule has 226 valence electrons. The molecule has 0 atom stereocenters. The molecule has 4 aromatic rings. The van der Waals surface area contributed by atoms with Crippen LogP contribution in [-0.4, -0.2) is 65.8 Å². The van der Waals surface area contributed by atoms with Crippen LogP contribution >= 0.6 is 0 Å². The minimum Gasteiger partial charge on any atom is -0.444 e. The van der Waals surface area contributed by atoms with Crippen molar-refractivity contribution in [3.05, 3.63) is 69.5 Å². The fourth-order valence-electron chi connectivity index (χ4n) is 5.30. The number of nitrogens with zero attached hydrogens (tertiary/aromatic N) is 6. The number of rotatable bonds is 5. The first kappa shape index (κ1) is 28.7. The number of aliphatic hydroxyl groups is 1. The van der Waals surface area contributed by atoms with Gasteiger partial charge in [0, 0.05) is 31.0 Å². The maximum Gasteiger partial charge on any atom is 0.410 e. The summed E-state index contributed by atoms with van der Waals surface area (Å²) in [6.07, 6.45) is 1.79. The van der Waals surface area contributed by atoms with Gasteiger partial charge in [-0.2, -0.15) is 4.98 Å². The second kappa shape index (κ2) is 10.4. The Bertz CT molecular complexity index is 1790. The lowest BCUT2D eigenvalue weighted by molar-refractivity contribution is -0.188. The largest absolute Gasteiger partial charge is 0.444 e. The Labute approximate surface area is 247 Å². The number of hydrogen-bond donors (Lipinski definition) is 2. The van der Waals surface area contributed by atoms with Crippen molar-refractivity contribution in [3.63, 3.8) is 0 Å². The van der Waals surface area contributed by atoms with Gasteiger partial charge in [0.25, 0.3) is 5.56 Å². The van der Waals surface area contributed by atoms with E-state index in [1.807, 2.05) is 52.8 Å². The Morgan fingerprint density at radius 3 is 2.60 bits per heavy atom. The van der Waals surface area contributed by atoms with E-state index in [0.29, 0.717) is 19.5 Å². The van der Waals surface area contributed by atoms with E-state index in [4.69, 9.17) is 9.47 Å². The number of carbonyl (C=O) groups is 1. The maximum absolute atomic E-state index is 14.7. The molecule has 6 rings (SSSR count). The summed E-state index contributed by atoms with van der Waals surface area (Å²) in [5.74, 6) is -0.185. The van der Waals surface area contributed by atoms with Gasteiger partial charge in [0.2, 0.25) is 5.95 Å². The molecule has 0 spiro atoms. The van der Waals surface area contributed by atoms with E-state index in [-0.39, 0.29) is 59.4 Å². The molecule has 0 aliphatic carbocycles. The summed E-state index contributed by atoms with van der Waals surface area (Å²) in [5, 5.41) is 14.2. The number of amides is 1. The lowest BCUT2D eigenvalue weighted by atomic mass is 9.97. The van der Waals surface area contributed by atoms with E-state index in [9.17, 15) is 19.1 Å². The molecular weight excluding hydrogens is 557 g/mol. The lowest BCUT2D eigenvalue weighted by Gasteiger charge is -2.35. The highest BCUT2D eigenvalue weighted by molar-refractivity contribution is 5.77. The van der Waals surface area contributed by atoms with E-state index in [1.54, 1.807) is 4.90 Å². The van der Waals surface area contributed by atoms with Gasteiger partial charge in [0.15, 0.2) is 17.1 Å². The normalized spacial score (nSPS) is 16.2. The zero-order chi connectivity index (χ0) is 30.7. The number of ether oxygens (including phenoxy) is 2. The number of carbonyl (C=O) groups excluding carboxylic acids is 1. The van der Waals surface area contributed by atoms with Crippen LogP contribution in [0.3, 0.4) is 0 Å². The van der Waals surface area contributed by atoms with Gasteiger partial charge in [0.1, 0.15) is 22.5 Å². The number of anilines is 2. The topological polar surface area (TPSA) is 137 Å². The molecule has 2 aliphatic heterocycles. The molecule has 13 heteroatoms. The zero-order valence-corrected chi connectivity index (χ0v) is 24.7. The minimum atomic E-state index is -1.54. The van der Waals surface area contributed by atoms with Gasteiger partial charge in [-0.15, -0.1) is 0 Å². The van der Waals surface area contributed by atoms with E-state index in [1.165, 1.54) is 27.7 Å². The molecule has 43 heavy (non-hydrogen) atoms. The minimum absolute atomic E-state index is 0.0696. The van der Waals surface area contributed by atoms with Crippen LogP contribution in [0.1, 0.15) is 57.5 Å². The molecule has 1 saturated heterocycles. The molecule has 2 N–H and O–H groups in total. The summed E-state index contributed by atoms with van der Waals surface area (Å²) in [4.78, 5) is 41.1. The first-order valence-electron chi connectivity index (χ1n) is 14.2. The number of benzene rings is 1. The number of pyridine rings is 1. The lowest BCUT2D eigenvalue weighted by Crippen LogP contribution is -2.48. The summed E-state index contributed by atoms with van der Waals surface area (Å²) >= 11 is 0. The SMILES string of the molecule is CC(C)n1c(=O)c2cnc(Nc3ccc4c(c3)CCN(C(=O)OC(C)(C)C)C4)nc2n1-c1ccc(F)c(C2(O)COC2)n1. The smallest absolute Gasteiger partial charge is 0.410 e. The van der Waals surface area contributed by atoms with Crippen molar-refractivity contribution in [2.24, 2.45) is 0 Å². The van der Waals surface area contributed by atoms with Crippen molar-refractivity contribution in [1.82, 2.24) is 29.2 Å². The van der Waals surface area contributed by atoms with E-state index < -0.39 is 17.0 Å². The Morgan fingerprint density at radius 1 is 1.16 bits per heavy atom. The van der Waals surface area contributed by atoms with Gasteiger partial charge in [-0.1, -0.05) is 6.07 Å². The predicted molar refractivity (Wildman–Crippen MR) is 156 cm³/mol. The Balaban J connectivity index is 1.33.